The minimum Gasteiger partial charge on any atom is -0.326 e. The molecule has 1 aromatic rings. The van der Waals surface area contributed by atoms with Gasteiger partial charge in [0.1, 0.15) is 0 Å². The van der Waals surface area contributed by atoms with E-state index in [9.17, 15) is 0 Å². The molecule has 1 aliphatic rings. The highest BCUT2D eigenvalue weighted by atomic mass is 32.2. The molecule has 1 aromatic heterocycles. The van der Waals surface area contributed by atoms with Crippen molar-refractivity contribution >= 4 is 11.8 Å². The molecule has 0 aliphatic carbocycles. The van der Waals surface area contributed by atoms with E-state index in [-0.39, 0.29) is 0 Å². The summed E-state index contributed by atoms with van der Waals surface area (Å²) in [6.07, 6.45) is 8.67. The Kier molecular flexibility index (Phi) is 4.03. The molecule has 1 fully saturated rings. The molecule has 1 saturated heterocycles. The summed E-state index contributed by atoms with van der Waals surface area (Å²) < 4.78 is 0. The number of pyridine rings is 1. The van der Waals surface area contributed by atoms with Crippen molar-refractivity contribution in [3.63, 3.8) is 0 Å². The highest BCUT2D eigenvalue weighted by Gasteiger charge is 2.20. The summed E-state index contributed by atoms with van der Waals surface area (Å²) in [5.41, 5.74) is 7.55. The van der Waals surface area contributed by atoms with Crippen molar-refractivity contribution in [1.82, 2.24) is 4.98 Å². The highest BCUT2D eigenvalue weighted by Crippen LogP contribution is 2.27. The first-order valence-electron chi connectivity index (χ1n) is 5.62. The van der Waals surface area contributed by atoms with E-state index in [1.807, 2.05) is 24.2 Å². The monoisotopic (exact) mass is 222 g/mol. The van der Waals surface area contributed by atoms with E-state index in [2.05, 4.69) is 17.1 Å². The van der Waals surface area contributed by atoms with Gasteiger partial charge in [0.05, 0.1) is 0 Å². The molecule has 2 rings (SSSR count). The number of hydrogen-bond donors (Lipinski definition) is 1. The fourth-order valence-corrected chi connectivity index (χ4v) is 3.38. The van der Waals surface area contributed by atoms with Gasteiger partial charge < -0.3 is 5.73 Å². The summed E-state index contributed by atoms with van der Waals surface area (Å²) in [6.45, 7) is 0. The van der Waals surface area contributed by atoms with Gasteiger partial charge in [-0.05, 0) is 42.7 Å². The maximum absolute atomic E-state index is 6.24. The number of nitrogens with zero attached hydrogens (tertiary/aromatic N) is 1. The standard InChI is InChI=1S/C12H18N2S/c13-11(12-3-1-2-8-15-12)9-10-4-6-14-7-5-10/h4-7,11-12H,1-3,8-9,13H2. The predicted molar refractivity (Wildman–Crippen MR) is 66.0 cm³/mol. The smallest absolute Gasteiger partial charge is 0.0270 e. The number of thioether (sulfide) groups is 1. The van der Waals surface area contributed by atoms with Gasteiger partial charge in [0.15, 0.2) is 0 Å². The third-order valence-electron chi connectivity index (χ3n) is 2.91. The van der Waals surface area contributed by atoms with Gasteiger partial charge in [0.2, 0.25) is 0 Å². The summed E-state index contributed by atoms with van der Waals surface area (Å²) in [4.78, 5) is 4.02. The van der Waals surface area contributed by atoms with Crippen molar-refractivity contribution in [1.29, 1.82) is 0 Å². The summed E-state index contributed by atoms with van der Waals surface area (Å²) >= 11 is 2.05. The molecule has 0 amide bonds. The van der Waals surface area contributed by atoms with Crippen molar-refractivity contribution in [3.05, 3.63) is 30.1 Å². The van der Waals surface area contributed by atoms with Crippen LogP contribution in [0.2, 0.25) is 0 Å². The second-order valence-corrected chi connectivity index (χ2v) is 5.48. The Balaban J connectivity index is 1.88. The van der Waals surface area contributed by atoms with E-state index < -0.39 is 0 Å². The molecule has 3 heteroatoms. The Morgan fingerprint density at radius 3 is 2.87 bits per heavy atom. The average molecular weight is 222 g/mol. The van der Waals surface area contributed by atoms with Gasteiger partial charge in [-0.3, -0.25) is 4.98 Å². The molecule has 2 heterocycles. The SMILES string of the molecule is NC(Cc1ccncc1)C1CCCCS1. The molecule has 0 bridgehead atoms. The average Bonchev–Trinajstić information content (AvgIpc) is 2.31. The maximum Gasteiger partial charge on any atom is 0.0270 e. The van der Waals surface area contributed by atoms with Gasteiger partial charge in [-0.2, -0.15) is 11.8 Å². The van der Waals surface area contributed by atoms with Crippen LogP contribution in [-0.2, 0) is 6.42 Å². The van der Waals surface area contributed by atoms with E-state index in [0.717, 1.165) is 6.42 Å². The van der Waals surface area contributed by atoms with Crippen LogP contribution in [0.1, 0.15) is 24.8 Å². The zero-order valence-corrected chi connectivity index (χ0v) is 9.75. The summed E-state index contributed by atoms with van der Waals surface area (Å²) in [5, 5.41) is 0.659. The summed E-state index contributed by atoms with van der Waals surface area (Å²) in [5.74, 6) is 1.29. The molecular weight excluding hydrogens is 204 g/mol. The lowest BCUT2D eigenvalue weighted by Crippen LogP contribution is -2.36. The zero-order chi connectivity index (χ0) is 10.5. The van der Waals surface area contributed by atoms with E-state index >= 15 is 0 Å². The van der Waals surface area contributed by atoms with Gasteiger partial charge in [-0.15, -0.1) is 0 Å². The highest BCUT2D eigenvalue weighted by molar-refractivity contribution is 8.00. The molecule has 0 spiro atoms. The van der Waals surface area contributed by atoms with Crippen LogP contribution in [0.4, 0.5) is 0 Å². The fourth-order valence-electron chi connectivity index (χ4n) is 2.03. The fraction of sp³-hybridized carbons (Fsp3) is 0.583. The zero-order valence-electron chi connectivity index (χ0n) is 8.93. The molecule has 15 heavy (non-hydrogen) atoms. The Morgan fingerprint density at radius 2 is 2.20 bits per heavy atom. The van der Waals surface area contributed by atoms with Crippen molar-refractivity contribution in [3.8, 4) is 0 Å². The van der Waals surface area contributed by atoms with Crippen LogP contribution in [-0.4, -0.2) is 22.0 Å². The first-order chi connectivity index (χ1) is 7.36. The number of nitrogens with two attached hydrogens (primary N) is 1. The topological polar surface area (TPSA) is 38.9 Å². The van der Waals surface area contributed by atoms with E-state index in [1.165, 1.54) is 30.6 Å². The Morgan fingerprint density at radius 1 is 1.40 bits per heavy atom. The lowest BCUT2D eigenvalue weighted by Gasteiger charge is -2.27. The largest absolute Gasteiger partial charge is 0.326 e. The second kappa shape index (κ2) is 5.52. The number of hydrogen-bond acceptors (Lipinski definition) is 3. The molecule has 0 aromatic carbocycles. The van der Waals surface area contributed by atoms with Crippen molar-refractivity contribution in [2.75, 3.05) is 5.75 Å². The first kappa shape index (κ1) is 11.0. The van der Waals surface area contributed by atoms with Crippen LogP contribution < -0.4 is 5.73 Å². The van der Waals surface area contributed by atoms with E-state index in [0.29, 0.717) is 11.3 Å². The molecule has 82 valence electrons. The molecule has 1 aliphatic heterocycles. The lowest BCUT2D eigenvalue weighted by molar-refractivity contribution is 0.559. The van der Waals surface area contributed by atoms with Crippen LogP contribution in [0.5, 0.6) is 0 Å². The molecule has 2 atom stereocenters. The molecule has 2 N–H and O–H groups in total. The Labute approximate surface area is 95.7 Å². The molecule has 2 nitrogen and oxygen atoms in total. The first-order valence-corrected chi connectivity index (χ1v) is 6.67. The Bertz CT molecular complexity index is 283. The summed E-state index contributed by atoms with van der Waals surface area (Å²) in [6, 6.07) is 4.43. The van der Waals surface area contributed by atoms with E-state index in [4.69, 9.17) is 5.73 Å². The lowest BCUT2D eigenvalue weighted by atomic mass is 10.0. The predicted octanol–water partition coefficient (Wildman–Crippen LogP) is 2.24. The van der Waals surface area contributed by atoms with Gasteiger partial charge >= 0.3 is 0 Å². The van der Waals surface area contributed by atoms with Gasteiger partial charge in [0.25, 0.3) is 0 Å². The van der Waals surface area contributed by atoms with Crippen LogP contribution in [0.25, 0.3) is 0 Å². The quantitative estimate of drug-likeness (QED) is 0.852. The molecule has 0 saturated carbocycles. The van der Waals surface area contributed by atoms with Gasteiger partial charge in [-0.25, -0.2) is 0 Å². The normalized spacial score (nSPS) is 23.7. The van der Waals surface area contributed by atoms with Crippen LogP contribution in [0.15, 0.2) is 24.5 Å². The van der Waals surface area contributed by atoms with Crippen molar-refractivity contribution in [2.45, 2.75) is 37.0 Å². The molecule has 2 unspecified atom stereocenters. The number of aromatic nitrogens is 1. The minimum atomic E-state index is 0.303. The third-order valence-corrected chi connectivity index (χ3v) is 4.45. The summed E-state index contributed by atoms with van der Waals surface area (Å²) in [7, 11) is 0. The van der Waals surface area contributed by atoms with Crippen molar-refractivity contribution < 1.29 is 0 Å². The minimum absolute atomic E-state index is 0.303. The van der Waals surface area contributed by atoms with Crippen LogP contribution in [0, 0.1) is 0 Å². The number of rotatable bonds is 3. The Hall–Kier alpha value is -0.540. The maximum atomic E-state index is 6.24. The second-order valence-electron chi connectivity index (χ2n) is 4.13. The van der Waals surface area contributed by atoms with E-state index in [1.54, 1.807) is 0 Å². The van der Waals surface area contributed by atoms with Crippen molar-refractivity contribution in [2.24, 2.45) is 5.73 Å². The third kappa shape index (κ3) is 3.21. The molecule has 0 radical (unpaired) electrons. The van der Waals surface area contributed by atoms with Crippen LogP contribution in [0.3, 0.4) is 0 Å². The van der Waals surface area contributed by atoms with Gasteiger partial charge in [-0.1, -0.05) is 6.42 Å². The molecular formula is C12H18N2S. The van der Waals surface area contributed by atoms with Crippen LogP contribution >= 0.6 is 11.8 Å². The van der Waals surface area contributed by atoms with Gasteiger partial charge in [0, 0.05) is 23.7 Å².